The second-order valence-electron chi connectivity index (χ2n) is 5.93. The normalized spacial score (nSPS) is 15.7. The van der Waals surface area contributed by atoms with E-state index in [0.29, 0.717) is 6.10 Å². The van der Waals surface area contributed by atoms with Crippen LogP contribution in [0.25, 0.3) is 0 Å². The third-order valence-electron chi connectivity index (χ3n) is 3.86. The maximum absolute atomic E-state index is 10.4. The van der Waals surface area contributed by atoms with Crippen LogP contribution < -0.4 is 4.74 Å². The second-order valence-corrected chi connectivity index (χ2v) is 5.93. The van der Waals surface area contributed by atoms with E-state index in [4.69, 9.17) is 4.74 Å². The Bertz CT molecular complexity index is 602. The van der Waals surface area contributed by atoms with E-state index in [1.54, 1.807) is 0 Å². The number of aliphatic hydroxyl groups is 1. The molecule has 1 aliphatic carbocycles. The van der Waals surface area contributed by atoms with Crippen LogP contribution in [0.1, 0.15) is 42.1 Å². The highest BCUT2D eigenvalue weighted by Crippen LogP contribution is 2.29. The van der Waals surface area contributed by atoms with Gasteiger partial charge >= 0.3 is 0 Å². The van der Waals surface area contributed by atoms with Crippen molar-refractivity contribution in [2.45, 2.75) is 44.8 Å². The van der Waals surface area contributed by atoms with Crippen LogP contribution in [0.4, 0.5) is 0 Å². The standard InChI is InChI=1S/C19H22O2/c1-14-4-2-5-15(12-14)8-11-19(20)16-6-3-7-18(13-16)21-17-9-10-17/h2-7,12-13,17,19-20H,8-11H2,1H3. The molecule has 21 heavy (non-hydrogen) atoms. The summed E-state index contributed by atoms with van der Waals surface area (Å²) >= 11 is 0. The molecule has 0 radical (unpaired) electrons. The molecule has 1 aliphatic rings. The van der Waals surface area contributed by atoms with Crippen LogP contribution in [-0.4, -0.2) is 11.2 Å². The third-order valence-corrected chi connectivity index (χ3v) is 3.86. The minimum absolute atomic E-state index is 0.393. The van der Waals surface area contributed by atoms with E-state index in [9.17, 15) is 5.11 Å². The first-order chi connectivity index (χ1) is 10.2. The Kier molecular flexibility index (Phi) is 4.26. The van der Waals surface area contributed by atoms with Crippen LogP contribution in [0.15, 0.2) is 48.5 Å². The molecule has 2 nitrogen and oxygen atoms in total. The van der Waals surface area contributed by atoms with Gasteiger partial charge in [-0.05, 0) is 55.9 Å². The molecule has 1 unspecified atom stereocenters. The van der Waals surface area contributed by atoms with E-state index >= 15 is 0 Å². The monoisotopic (exact) mass is 282 g/mol. The summed E-state index contributed by atoms with van der Waals surface area (Å²) in [7, 11) is 0. The van der Waals surface area contributed by atoms with E-state index in [-0.39, 0.29) is 0 Å². The minimum Gasteiger partial charge on any atom is -0.490 e. The Labute approximate surface area is 126 Å². The molecule has 0 aliphatic heterocycles. The Morgan fingerprint density at radius 3 is 2.71 bits per heavy atom. The molecule has 1 N–H and O–H groups in total. The largest absolute Gasteiger partial charge is 0.490 e. The van der Waals surface area contributed by atoms with Crippen LogP contribution in [0, 0.1) is 6.92 Å². The molecule has 0 bridgehead atoms. The van der Waals surface area contributed by atoms with Crippen molar-refractivity contribution in [1.82, 2.24) is 0 Å². The van der Waals surface area contributed by atoms with Gasteiger partial charge in [0.25, 0.3) is 0 Å². The van der Waals surface area contributed by atoms with Gasteiger partial charge in [-0.2, -0.15) is 0 Å². The fourth-order valence-corrected chi connectivity index (χ4v) is 2.51. The van der Waals surface area contributed by atoms with Crippen molar-refractivity contribution in [3.05, 3.63) is 65.2 Å². The zero-order valence-corrected chi connectivity index (χ0v) is 12.5. The summed E-state index contributed by atoms with van der Waals surface area (Å²) in [4.78, 5) is 0. The Morgan fingerprint density at radius 2 is 1.95 bits per heavy atom. The molecule has 0 spiro atoms. The predicted octanol–water partition coefficient (Wildman–Crippen LogP) is 4.20. The molecule has 0 amide bonds. The minimum atomic E-state index is -0.437. The Balaban J connectivity index is 1.60. The van der Waals surface area contributed by atoms with Crippen LogP contribution in [0.5, 0.6) is 5.75 Å². The summed E-state index contributed by atoms with van der Waals surface area (Å²) in [6.45, 7) is 2.10. The number of aliphatic hydroxyl groups excluding tert-OH is 1. The van der Waals surface area contributed by atoms with E-state index in [1.807, 2.05) is 24.3 Å². The third kappa shape index (κ3) is 4.08. The highest BCUT2D eigenvalue weighted by Gasteiger charge is 2.23. The molecule has 1 saturated carbocycles. The summed E-state index contributed by atoms with van der Waals surface area (Å²) in [6, 6.07) is 16.3. The lowest BCUT2D eigenvalue weighted by molar-refractivity contribution is 0.167. The van der Waals surface area contributed by atoms with Gasteiger partial charge in [-0.15, -0.1) is 0 Å². The summed E-state index contributed by atoms with van der Waals surface area (Å²) in [5.74, 6) is 0.879. The zero-order valence-electron chi connectivity index (χ0n) is 12.5. The van der Waals surface area contributed by atoms with Crippen LogP contribution in [0.3, 0.4) is 0 Å². The van der Waals surface area contributed by atoms with Crippen molar-refractivity contribution in [3.8, 4) is 5.75 Å². The molecule has 1 fully saturated rings. The van der Waals surface area contributed by atoms with Gasteiger partial charge in [0.05, 0.1) is 12.2 Å². The average molecular weight is 282 g/mol. The highest BCUT2D eigenvalue weighted by molar-refractivity contribution is 5.30. The number of hydrogen-bond acceptors (Lipinski definition) is 2. The maximum atomic E-state index is 10.4. The van der Waals surface area contributed by atoms with Crippen molar-refractivity contribution in [2.24, 2.45) is 0 Å². The summed E-state index contributed by atoms with van der Waals surface area (Å²) in [6.07, 6.45) is 3.88. The lowest BCUT2D eigenvalue weighted by atomic mass is 10.0. The smallest absolute Gasteiger partial charge is 0.120 e. The molecular formula is C19H22O2. The van der Waals surface area contributed by atoms with Crippen LogP contribution in [-0.2, 0) is 6.42 Å². The predicted molar refractivity (Wildman–Crippen MR) is 84.6 cm³/mol. The first-order valence-corrected chi connectivity index (χ1v) is 7.71. The Morgan fingerprint density at radius 1 is 1.14 bits per heavy atom. The van der Waals surface area contributed by atoms with Crippen molar-refractivity contribution in [1.29, 1.82) is 0 Å². The molecule has 2 heteroatoms. The average Bonchev–Trinajstić information content (AvgIpc) is 3.29. The van der Waals surface area contributed by atoms with Gasteiger partial charge in [0, 0.05) is 0 Å². The maximum Gasteiger partial charge on any atom is 0.120 e. The number of hydrogen-bond donors (Lipinski definition) is 1. The summed E-state index contributed by atoms with van der Waals surface area (Å²) in [5, 5.41) is 10.4. The van der Waals surface area contributed by atoms with E-state index in [2.05, 4.69) is 31.2 Å². The van der Waals surface area contributed by atoms with Crippen molar-refractivity contribution in [3.63, 3.8) is 0 Å². The first-order valence-electron chi connectivity index (χ1n) is 7.71. The fourth-order valence-electron chi connectivity index (χ4n) is 2.51. The SMILES string of the molecule is Cc1cccc(CCC(O)c2cccc(OC3CC3)c2)c1. The lowest BCUT2D eigenvalue weighted by Gasteiger charge is -2.13. The zero-order chi connectivity index (χ0) is 14.7. The van der Waals surface area contributed by atoms with Crippen molar-refractivity contribution < 1.29 is 9.84 Å². The van der Waals surface area contributed by atoms with Gasteiger partial charge in [-0.3, -0.25) is 0 Å². The number of aryl methyl sites for hydroxylation is 2. The Hall–Kier alpha value is -1.80. The molecule has 2 aromatic rings. The molecule has 0 heterocycles. The number of benzene rings is 2. The van der Waals surface area contributed by atoms with Gasteiger partial charge in [-0.1, -0.05) is 42.0 Å². The molecule has 0 saturated heterocycles. The van der Waals surface area contributed by atoms with Crippen LogP contribution >= 0.6 is 0 Å². The summed E-state index contributed by atoms with van der Waals surface area (Å²) in [5.41, 5.74) is 3.49. The lowest BCUT2D eigenvalue weighted by Crippen LogP contribution is -2.01. The second kappa shape index (κ2) is 6.31. The number of ether oxygens (including phenoxy) is 1. The van der Waals surface area contributed by atoms with Gasteiger partial charge in [0.1, 0.15) is 5.75 Å². The molecule has 0 aromatic heterocycles. The van der Waals surface area contributed by atoms with Crippen molar-refractivity contribution >= 4 is 0 Å². The van der Waals surface area contributed by atoms with E-state index in [1.165, 1.54) is 11.1 Å². The summed E-state index contributed by atoms with van der Waals surface area (Å²) < 4.78 is 5.78. The fraction of sp³-hybridized carbons (Fsp3) is 0.368. The quantitative estimate of drug-likeness (QED) is 0.860. The van der Waals surface area contributed by atoms with Gasteiger partial charge in [0.15, 0.2) is 0 Å². The number of rotatable bonds is 6. The van der Waals surface area contributed by atoms with E-state index in [0.717, 1.165) is 37.0 Å². The molecule has 2 aromatic carbocycles. The van der Waals surface area contributed by atoms with E-state index < -0.39 is 6.10 Å². The highest BCUT2D eigenvalue weighted by atomic mass is 16.5. The molecule has 110 valence electrons. The van der Waals surface area contributed by atoms with Crippen LogP contribution in [0.2, 0.25) is 0 Å². The van der Waals surface area contributed by atoms with Gasteiger partial charge in [-0.25, -0.2) is 0 Å². The first kappa shape index (κ1) is 14.2. The molecule has 3 rings (SSSR count). The topological polar surface area (TPSA) is 29.5 Å². The molecule has 1 atom stereocenters. The van der Waals surface area contributed by atoms with Gasteiger partial charge < -0.3 is 9.84 Å². The van der Waals surface area contributed by atoms with Crippen molar-refractivity contribution in [2.75, 3.05) is 0 Å². The van der Waals surface area contributed by atoms with Gasteiger partial charge in [0.2, 0.25) is 0 Å². The molecular weight excluding hydrogens is 260 g/mol.